The van der Waals surface area contributed by atoms with E-state index in [4.69, 9.17) is 11.6 Å². The Kier molecular flexibility index (Phi) is 3.09. The highest BCUT2D eigenvalue weighted by molar-refractivity contribution is 7.01. The fourth-order valence-electron chi connectivity index (χ4n) is 4.70. The summed E-state index contributed by atoms with van der Waals surface area (Å²) < 4.78 is 0. The van der Waals surface area contributed by atoms with E-state index in [-0.39, 0.29) is 6.71 Å². The molecule has 3 heteroatoms. The minimum Gasteiger partial charge on any atom is -0.312 e. The summed E-state index contributed by atoms with van der Waals surface area (Å²) >= 11 is 6.35. The summed E-state index contributed by atoms with van der Waals surface area (Å²) in [6, 6.07) is 32.3. The summed E-state index contributed by atoms with van der Waals surface area (Å²) in [6.45, 7) is 0.264. The molecular weight excluding hydrogens is 349 g/mol. The predicted molar refractivity (Wildman–Crippen MR) is 116 cm³/mol. The summed E-state index contributed by atoms with van der Waals surface area (Å²) in [6.07, 6.45) is 0. The van der Waals surface area contributed by atoms with Crippen LogP contribution in [0.15, 0.2) is 91.0 Å². The van der Waals surface area contributed by atoms with E-state index in [1.807, 2.05) is 6.07 Å². The van der Waals surface area contributed by atoms with Gasteiger partial charge in [0.1, 0.15) is 0 Å². The highest BCUT2D eigenvalue weighted by atomic mass is 35.5. The van der Waals surface area contributed by atoms with Crippen LogP contribution in [0.4, 0.5) is 17.1 Å². The van der Waals surface area contributed by atoms with E-state index in [0.717, 1.165) is 5.02 Å². The summed E-state index contributed by atoms with van der Waals surface area (Å²) in [5, 5.41) is 0.790. The van der Waals surface area contributed by atoms with Crippen LogP contribution in [-0.2, 0) is 0 Å². The Morgan fingerprint density at radius 1 is 0.630 bits per heavy atom. The van der Waals surface area contributed by atoms with Crippen LogP contribution in [0.3, 0.4) is 0 Å². The van der Waals surface area contributed by atoms with Crippen LogP contribution >= 0.6 is 11.6 Å². The number of hydrogen-bond acceptors (Lipinski definition) is 1. The van der Waals surface area contributed by atoms with Crippen LogP contribution in [-0.4, -0.2) is 6.71 Å². The highest BCUT2D eigenvalue weighted by Gasteiger charge is 2.41. The average molecular weight is 364 g/mol. The Balaban J connectivity index is 1.72. The molecule has 126 valence electrons. The van der Waals surface area contributed by atoms with Crippen molar-refractivity contribution < 1.29 is 0 Å². The average Bonchev–Trinajstić information content (AvgIpc) is 3.04. The molecule has 4 aromatic rings. The Labute approximate surface area is 163 Å². The van der Waals surface area contributed by atoms with Crippen molar-refractivity contribution in [1.29, 1.82) is 0 Å². The number of rotatable bonds is 1. The van der Waals surface area contributed by atoms with Gasteiger partial charge in [0.25, 0.3) is 0 Å². The van der Waals surface area contributed by atoms with Gasteiger partial charge in [-0.1, -0.05) is 71.7 Å². The molecule has 0 aromatic heterocycles. The van der Waals surface area contributed by atoms with Crippen molar-refractivity contribution in [2.24, 2.45) is 0 Å². The van der Waals surface area contributed by atoms with Crippen molar-refractivity contribution >= 4 is 51.8 Å². The van der Waals surface area contributed by atoms with Crippen LogP contribution in [0.5, 0.6) is 0 Å². The molecule has 0 saturated heterocycles. The molecule has 0 spiro atoms. The quantitative estimate of drug-likeness (QED) is 0.385. The van der Waals surface area contributed by atoms with Gasteiger partial charge in [0.05, 0.1) is 0 Å². The van der Waals surface area contributed by atoms with E-state index in [0.29, 0.717) is 0 Å². The van der Waals surface area contributed by atoms with Gasteiger partial charge in [0, 0.05) is 22.1 Å². The van der Waals surface area contributed by atoms with Gasteiger partial charge in [-0.25, -0.2) is 0 Å². The second kappa shape index (κ2) is 5.51. The highest BCUT2D eigenvalue weighted by Crippen LogP contribution is 2.40. The molecule has 1 nitrogen and oxygen atoms in total. The molecule has 0 aliphatic carbocycles. The van der Waals surface area contributed by atoms with E-state index in [2.05, 4.69) is 89.8 Å². The topological polar surface area (TPSA) is 3.24 Å². The lowest BCUT2D eigenvalue weighted by molar-refractivity contribution is 1.30. The number of benzene rings is 4. The minimum absolute atomic E-state index is 0.264. The zero-order chi connectivity index (χ0) is 18.0. The van der Waals surface area contributed by atoms with Crippen LogP contribution in [0.2, 0.25) is 5.02 Å². The van der Waals surface area contributed by atoms with Gasteiger partial charge in [-0.2, -0.15) is 0 Å². The first-order chi connectivity index (χ1) is 13.3. The minimum atomic E-state index is 0.264. The third-order valence-electron chi connectivity index (χ3n) is 5.73. The lowest BCUT2D eigenvalue weighted by Gasteiger charge is -2.35. The van der Waals surface area contributed by atoms with Gasteiger partial charge < -0.3 is 4.90 Å². The smallest absolute Gasteiger partial charge is 0.248 e. The standard InChI is InChI=1S/C24H15BClN/c26-16-13-14-20-19(15-16)18-9-6-12-23-24(18)25(20)21-10-4-5-11-22(21)27(23)17-7-2-1-3-8-17/h1-15H. The molecule has 0 radical (unpaired) electrons. The fourth-order valence-corrected chi connectivity index (χ4v) is 4.87. The number of hydrogen-bond donors (Lipinski definition) is 0. The summed E-state index contributed by atoms with van der Waals surface area (Å²) in [4.78, 5) is 2.39. The maximum absolute atomic E-state index is 6.35. The van der Waals surface area contributed by atoms with Crippen molar-refractivity contribution in [2.45, 2.75) is 0 Å². The molecule has 0 unspecified atom stereocenters. The number of para-hydroxylation sites is 2. The van der Waals surface area contributed by atoms with Crippen LogP contribution in [0.25, 0.3) is 11.1 Å². The van der Waals surface area contributed by atoms with Gasteiger partial charge in [-0.05, 0) is 58.5 Å². The molecule has 0 saturated carbocycles. The second-order valence-corrected chi connectivity index (χ2v) is 7.57. The molecule has 2 aliphatic rings. The summed E-state index contributed by atoms with van der Waals surface area (Å²) in [5.74, 6) is 0. The molecule has 4 aromatic carbocycles. The molecule has 0 bridgehead atoms. The van der Waals surface area contributed by atoms with Crippen LogP contribution in [0, 0.1) is 0 Å². The normalized spacial score (nSPS) is 13.2. The van der Waals surface area contributed by atoms with Gasteiger partial charge in [0.15, 0.2) is 0 Å². The zero-order valence-corrected chi connectivity index (χ0v) is 15.3. The molecule has 2 aliphatic heterocycles. The zero-order valence-electron chi connectivity index (χ0n) is 14.6. The summed E-state index contributed by atoms with van der Waals surface area (Å²) in [7, 11) is 0. The predicted octanol–water partition coefficient (Wildman–Crippen LogP) is 4.62. The van der Waals surface area contributed by atoms with Crippen LogP contribution in [0.1, 0.15) is 0 Å². The summed E-state index contributed by atoms with van der Waals surface area (Å²) in [5.41, 5.74) is 10.3. The molecule has 6 rings (SSSR count). The monoisotopic (exact) mass is 363 g/mol. The largest absolute Gasteiger partial charge is 0.312 e. The maximum atomic E-state index is 6.35. The lowest BCUT2D eigenvalue weighted by atomic mass is 9.37. The Bertz CT molecular complexity index is 1200. The number of nitrogens with zero attached hydrogens (tertiary/aromatic N) is 1. The third-order valence-corrected chi connectivity index (χ3v) is 5.97. The van der Waals surface area contributed by atoms with Crippen molar-refractivity contribution in [3.63, 3.8) is 0 Å². The fraction of sp³-hybridized carbons (Fsp3) is 0. The molecule has 27 heavy (non-hydrogen) atoms. The molecular formula is C24H15BClN. The van der Waals surface area contributed by atoms with Crippen molar-refractivity contribution in [1.82, 2.24) is 0 Å². The van der Waals surface area contributed by atoms with Gasteiger partial charge >= 0.3 is 0 Å². The van der Waals surface area contributed by atoms with Crippen molar-refractivity contribution in [3.8, 4) is 11.1 Å². The number of halogens is 1. The Hall–Kier alpha value is -2.97. The first-order valence-electron chi connectivity index (χ1n) is 9.20. The molecule has 0 fully saturated rings. The van der Waals surface area contributed by atoms with Crippen molar-refractivity contribution in [3.05, 3.63) is 96.0 Å². The number of fused-ring (bicyclic) bond motifs is 5. The Morgan fingerprint density at radius 2 is 1.41 bits per heavy atom. The maximum Gasteiger partial charge on any atom is 0.248 e. The number of anilines is 3. The molecule has 2 heterocycles. The second-order valence-electron chi connectivity index (χ2n) is 7.13. The van der Waals surface area contributed by atoms with Crippen molar-refractivity contribution in [2.75, 3.05) is 4.90 Å². The van der Waals surface area contributed by atoms with Gasteiger partial charge in [0.2, 0.25) is 6.71 Å². The first-order valence-corrected chi connectivity index (χ1v) is 9.57. The third kappa shape index (κ3) is 2.02. The lowest BCUT2D eigenvalue weighted by Crippen LogP contribution is -2.54. The van der Waals surface area contributed by atoms with E-state index in [9.17, 15) is 0 Å². The van der Waals surface area contributed by atoms with E-state index in [1.54, 1.807) is 0 Å². The van der Waals surface area contributed by atoms with E-state index < -0.39 is 0 Å². The Morgan fingerprint density at radius 3 is 2.30 bits per heavy atom. The molecule has 0 amide bonds. The first kappa shape index (κ1) is 15.1. The van der Waals surface area contributed by atoms with Crippen LogP contribution < -0.4 is 21.3 Å². The van der Waals surface area contributed by atoms with Gasteiger partial charge in [-0.15, -0.1) is 0 Å². The van der Waals surface area contributed by atoms with E-state index >= 15 is 0 Å². The van der Waals surface area contributed by atoms with E-state index in [1.165, 1.54) is 44.6 Å². The molecule has 0 N–H and O–H groups in total. The SMILES string of the molecule is Clc1ccc2c(c1)-c1cccc3c1B2c1ccccc1N3c1ccccc1. The van der Waals surface area contributed by atoms with Gasteiger partial charge in [-0.3, -0.25) is 0 Å². The molecule has 0 atom stereocenters.